The smallest absolute Gasteiger partial charge is 0.325 e. The number of nitrogens with one attached hydrogen (secondary N) is 2. The molecule has 8 heteroatoms. The Bertz CT molecular complexity index is 881. The summed E-state index contributed by atoms with van der Waals surface area (Å²) in [5.74, 6) is -0.556. The number of nitrogens with zero attached hydrogens (tertiary/aromatic N) is 2. The first-order valence-corrected chi connectivity index (χ1v) is 11.4. The van der Waals surface area contributed by atoms with Gasteiger partial charge in [-0.1, -0.05) is 25.3 Å². The van der Waals surface area contributed by atoms with Gasteiger partial charge in [-0.3, -0.25) is 19.5 Å². The molecule has 1 saturated carbocycles. The molecule has 30 heavy (non-hydrogen) atoms. The third-order valence-electron chi connectivity index (χ3n) is 5.78. The molecule has 4 amide bonds. The van der Waals surface area contributed by atoms with Gasteiger partial charge in [0.25, 0.3) is 5.91 Å². The summed E-state index contributed by atoms with van der Waals surface area (Å²) in [5, 5.41) is 9.76. The molecule has 0 unspecified atom stereocenters. The zero-order valence-electron chi connectivity index (χ0n) is 16.8. The molecule has 0 spiro atoms. The molecule has 2 aliphatic rings. The van der Waals surface area contributed by atoms with Gasteiger partial charge in [-0.25, -0.2) is 4.79 Å². The lowest BCUT2D eigenvalue weighted by Crippen LogP contribution is -2.42. The Balaban J connectivity index is 1.40. The lowest BCUT2D eigenvalue weighted by Gasteiger charge is -2.28. The summed E-state index contributed by atoms with van der Waals surface area (Å²) >= 11 is 1.61. The Hall–Kier alpha value is -2.74. The summed E-state index contributed by atoms with van der Waals surface area (Å²) in [4.78, 5) is 43.7. The standard InChI is InChI=1S/C22H26N4O3S/c27-20(13-19-21(28)26(22(29)25-19)16-6-2-1-3-7-16)24-18(12-15-9-11-30-14-15)17-8-4-5-10-23-17/h4-5,8-11,14,16,18-19H,1-3,6-7,12-13H2,(H,24,27)(H,25,29)/t18-,19-/m0/s1. The van der Waals surface area contributed by atoms with Crippen LogP contribution in [0.3, 0.4) is 0 Å². The number of hydrogen-bond donors (Lipinski definition) is 2. The van der Waals surface area contributed by atoms with E-state index in [-0.39, 0.29) is 36.3 Å². The van der Waals surface area contributed by atoms with Crippen LogP contribution in [0.1, 0.15) is 55.8 Å². The number of pyridine rings is 1. The minimum atomic E-state index is -0.801. The van der Waals surface area contributed by atoms with E-state index in [2.05, 4.69) is 15.6 Å². The highest BCUT2D eigenvalue weighted by Crippen LogP contribution is 2.26. The molecule has 2 N–H and O–H groups in total. The van der Waals surface area contributed by atoms with E-state index in [0.29, 0.717) is 6.42 Å². The van der Waals surface area contributed by atoms with Gasteiger partial charge in [0.1, 0.15) is 6.04 Å². The summed E-state index contributed by atoms with van der Waals surface area (Å²) in [6.45, 7) is 0. The molecule has 4 rings (SSSR count). The first-order valence-electron chi connectivity index (χ1n) is 10.5. The van der Waals surface area contributed by atoms with Crippen molar-refractivity contribution in [2.45, 2.75) is 63.1 Å². The average molecular weight is 427 g/mol. The lowest BCUT2D eigenvalue weighted by atomic mass is 9.94. The zero-order valence-corrected chi connectivity index (χ0v) is 17.6. The Morgan fingerprint density at radius 2 is 2.07 bits per heavy atom. The topological polar surface area (TPSA) is 91.4 Å². The predicted molar refractivity (Wildman–Crippen MR) is 114 cm³/mol. The van der Waals surface area contributed by atoms with Gasteiger partial charge >= 0.3 is 6.03 Å². The first kappa shape index (κ1) is 20.5. The van der Waals surface area contributed by atoms with Crippen molar-refractivity contribution in [1.29, 1.82) is 0 Å². The molecule has 1 aliphatic carbocycles. The molecule has 7 nitrogen and oxygen atoms in total. The zero-order chi connectivity index (χ0) is 20.9. The van der Waals surface area contributed by atoms with Crippen molar-refractivity contribution in [2.75, 3.05) is 0 Å². The van der Waals surface area contributed by atoms with E-state index in [1.165, 1.54) is 4.90 Å². The molecule has 158 valence electrons. The van der Waals surface area contributed by atoms with Crippen molar-refractivity contribution in [2.24, 2.45) is 0 Å². The summed E-state index contributed by atoms with van der Waals surface area (Å²) in [6.07, 6.45) is 7.14. The van der Waals surface area contributed by atoms with Gasteiger partial charge in [0.05, 0.1) is 18.2 Å². The van der Waals surface area contributed by atoms with Gasteiger partial charge in [0.2, 0.25) is 5.91 Å². The van der Waals surface area contributed by atoms with Gasteiger partial charge in [0.15, 0.2) is 0 Å². The van der Waals surface area contributed by atoms with Gasteiger partial charge in [0, 0.05) is 12.2 Å². The molecule has 2 aromatic heterocycles. The van der Waals surface area contributed by atoms with E-state index in [0.717, 1.165) is 43.4 Å². The van der Waals surface area contributed by atoms with Crippen molar-refractivity contribution in [3.63, 3.8) is 0 Å². The minimum absolute atomic E-state index is 0.0424. The number of urea groups is 1. The highest BCUT2D eigenvalue weighted by molar-refractivity contribution is 7.07. The number of aromatic nitrogens is 1. The SMILES string of the molecule is O=C(C[C@@H]1NC(=O)N(C2CCCCC2)C1=O)N[C@@H](Cc1ccsc1)c1ccccn1. The lowest BCUT2D eigenvalue weighted by molar-refractivity contribution is -0.132. The van der Waals surface area contributed by atoms with E-state index in [9.17, 15) is 14.4 Å². The van der Waals surface area contributed by atoms with Crippen LogP contribution in [0.15, 0.2) is 41.2 Å². The molecule has 0 aromatic carbocycles. The Labute approximate surface area is 179 Å². The maximum atomic E-state index is 12.8. The average Bonchev–Trinajstić information content (AvgIpc) is 3.36. The van der Waals surface area contributed by atoms with Crippen molar-refractivity contribution in [3.8, 4) is 0 Å². The number of carbonyl (C=O) groups excluding carboxylic acids is 3. The van der Waals surface area contributed by atoms with Crippen LogP contribution >= 0.6 is 11.3 Å². The Kier molecular flexibility index (Phi) is 6.42. The minimum Gasteiger partial charge on any atom is -0.347 e. The third kappa shape index (κ3) is 4.70. The molecular formula is C22H26N4O3S. The maximum absolute atomic E-state index is 12.8. The van der Waals surface area contributed by atoms with E-state index in [1.807, 2.05) is 35.0 Å². The highest BCUT2D eigenvalue weighted by atomic mass is 32.1. The maximum Gasteiger partial charge on any atom is 0.325 e. The second-order valence-electron chi connectivity index (χ2n) is 7.92. The highest BCUT2D eigenvalue weighted by Gasteiger charge is 2.43. The molecular weight excluding hydrogens is 400 g/mol. The number of hydrogen-bond acceptors (Lipinski definition) is 5. The van der Waals surface area contributed by atoms with Crippen LogP contribution in [0, 0.1) is 0 Å². The van der Waals surface area contributed by atoms with Crippen molar-refractivity contribution >= 4 is 29.2 Å². The summed E-state index contributed by atoms with van der Waals surface area (Å²) in [7, 11) is 0. The predicted octanol–water partition coefficient (Wildman–Crippen LogP) is 3.19. The molecule has 2 atom stereocenters. The summed E-state index contributed by atoms with van der Waals surface area (Å²) < 4.78 is 0. The van der Waals surface area contributed by atoms with E-state index < -0.39 is 6.04 Å². The van der Waals surface area contributed by atoms with Gasteiger partial charge in [-0.2, -0.15) is 11.3 Å². The second kappa shape index (κ2) is 9.38. The number of thiophene rings is 1. The third-order valence-corrected chi connectivity index (χ3v) is 6.51. The van der Waals surface area contributed by atoms with Gasteiger partial charge in [-0.05, 0) is 53.8 Å². The van der Waals surface area contributed by atoms with Gasteiger partial charge in [-0.15, -0.1) is 0 Å². The quantitative estimate of drug-likeness (QED) is 0.665. The molecule has 0 bridgehead atoms. The number of rotatable bonds is 7. The van der Waals surface area contributed by atoms with Crippen LogP contribution in [0.4, 0.5) is 4.79 Å². The largest absolute Gasteiger partial charge is 0.347 e. The van der Waals surface area contributed by atoms with Crippen LogP contribution in [0.5, 0.6) is 0 Å². The normalized spacial score (nSPS) is 20.8. The fourth-order valence-corrected chi connectivity index (χ4v) is 4.95. The molecule has 3 heterocycles. The van der Waals surface area contributed by atoms with Gasteiger partial charge < -0.3 is 10.6 Å². The Morgan fingerprint density at radius 1 is 1.23 bits per heavy atom. The first-order chi connectivity index (χ1) is 14.6. The van der Waals surface area contributed by atoms with Crippen molar-refractivity contribution < 1.29 is 14.4 Å². The van der Waals surface area contributed by atoms with Crippen molar-refractivity contribution in [1.82, 2.24) is 20.5 Å². The summed E-state index contributed by atoms with van der Waals surface area (Å²) in [6, 6.07) is 6.11. The summed E-state index contributed by atoms with van der Waals surface area (Å²) in [5.41, 5.74) is 1.88. The molecule has 0 radical (unpaired) electrons. The Morgan fingerprint density at radius 3 is 2.77 bits per heavy atom. The number of imide groups is 1. The van der Waals surface area contributed by atoms with E-state index in [4.69, 9.17) is 0 Å². The number of carbonyl (C=O) groups is 3. The fourth-order valence-electron chi connectivity index (χ4n) is 4.27. The molecule has 1 saturated heterocycles. The number of amides is 4. The monoisotopic (exact) mass is 426 g/mol. The van der Waals surface area contributed by atoms with E-state index in [1.54, 1.807) is 17.5 Å². The van der Waals surface area contributed by atoms with E-state index >= 15 is 0 Å². The van der Waals surface area contributed by atoms with Crippen LogP contribution in [-0.4, -0.2) is 39.8 Å². The van der Waals surface area contributed by atoms with Crippen molar-refractivity contribution in [3.05, 3.63) is 52.5 Å². The van der Waals surface area contributed by atoms with Crippen LogP contribution in [-0.2, 0) is 16.0 Å². The molecule has 2 aromatic rings. The second-order valence-corrected chi connectivity index (χ2v) is 8.70. The fraction of sp³-hybridized carbons (Fsp3) is 0.455. The van der Waals surface area contributed by atoms with Crippen LogP contribution in [0.25, 0.3) is 0 Å². The van der Waals surface area contributed by atoms with Crippen LogP contribution < -0.4 is 10.6 Å². The molecule has 2 fully saturated rings. The van der Waals surface area contributed by atoms with Crippen LogP contribution in [0.2, 0.25) is 0 Å². The molecule has 1 aliphatic heterocycles.